The standard InChI is InChI=1S/C11H13ClN2/c1-14-7-3-2-4-9-8-10(13)5-6-11(9)12/h5-6,8,14H,3,7,13H2,1H3. The average molecular weight is 209 g/mol. The fourth-order valence-electron chi connectivity index (χ4n) is 0.984. The Kier molecular flexibility index (Phi) is 4.31. The van der Waals surface area contributed by atoms with Gasteiger partial charge in [-0.3, -0.25) is 0 Å². The molecule has 0 fully saturated rings. The summed E-state index contributed by atoms with van der Waals surface area (Å²) in [7, 11) is 1.90. The lowest BCUT2D eigenvalue weighted by atomic mass is 10.2. The molecule has 0 aliphatic rings. The van der Waals surface area contributed by atoms with Crippen LogP contribution < -0.4 is 11.1 Å². The Balaban J connectivity index is 2.73. The first kappa shape index (κ1) is 10.9. The molecular formula is C11H13ClN2. The van der Waals surface area contributed by atoms with Crippen LogP contribution in [0, 0.1) is 11.8 Å². The second kappa shape index (κ2) is 5.54. The van der Waals surface area contributed by atoms with Crippen molar-refractivity contribution in [2.24, 2.45) is 0 Å². The van der Waals surface area contributed by atoms with Crippen molar-refractivity contribution in [2.45, 2.75) is 6.42 Å². The molecule has 0 heterocycles. The van der Waals surface area contributed by atoms with E-state index in [0.717, 1.165) is 18.5 Å². The van der Waals surface area contributed by atoms with Gasteiger partial charge in [0.05, 0.1) is 5.02 Å². The Morgan fingerprint density at radius 1 is 1.50 bits per heavy atom. The molecule has 1 aromatic rings. The van der Waals surface area contributed by atoms with Crippen molar-refractivity contribution in [1.29, 1.82) is 0 Å². The zero-order chi connectivity index (χ0) is 10.4. The van der Waals surface area contributed by atoms with Gasteiger partial charge in [-0.05, 0) is 25.2 Å². The van der Waals surface area contributed by atoms with Gasteiger partial charge in [0.25, 0.3) is 0 Å². The predicted molar refractivity (Wildman–Crippen MR) is 61.3 cm³/mol. The first-order valence-corrected chi connectivity index (χ1v) is 4.80. The minimum absolute atomic E-state index is 0.649. The van der Waals surface area contributed by atoms with E-state index in [-0.39, 0.29) is 0 Å². The molecule has 0 saturated carbocycles. The summed E-state index contributed by atoms with van der Waals surface area (Å²) in [6.45, 7) is 0.882. The monoisotopic (exact) mass is 208 g/mol. The largest absolute Gasteiger partial charge is 0.399 e. The minimum atomic E-state index is 0.649. The molecule has 0 unspecified atom stereocenters. The summed E-state index contributed by atoms with van der Waals surface area (Å²) >= 11 is 5.94. The van der Waals surface area contributed by atoms with E-state index >= 15 is 0 Å². The van der Waals surface area contributed by atoms with E-state index in [0.29, 0.717) is 10.7 Å². The van der Waals surface area contributed by atoms with E-state index in [4.69, 9.17) is 17.3 Å². The van der Waals surface area contributed by atoms with Crippen LogP contribution in [-0.2, 0) is 0 Å². The first-order valence-electron chi connectivity index (χ1n) is 4.42. The van der Waals surface area contributed by atoms with E-state index < -0.39 is 0 Å². The molecule has 3 N–H and O–H groups in total. The molecule has 3 heteroatoms. The summed E-state index contributed by atoms with van der Waals surface area (Å²) in [6, 6.07) is 5.31. The zero-order valence-corrected chi connectivity index (χ0v) is 8.86. The molecule has 0 aromatic heterocycles. The molecule has 0 aliphatic heterocycles. The minimum Gasteiger partial charge on any atom is -0.399 e. The van der Waals surface area contributed by atoms with Gasteiger partial charge >= 0.3 is 0 Å². The fourth-order valence-corrected chi connectivity index (χ4v) is 1.15. The third-order valence-electron chi connectivity index (χ3n) is 1.71. The molecule has 0 amide bonds. The molecule has 0 spiro atoms. The van der Waals surface area contributed by atoms with Gasteiger partial charge in [0, 0.05) is 24.2 Å². The molecule has 14 heavy (non-hydrogen) atoms. The molecule has 0 saturated heterocycles. The highest BCUT2D eigenvalue weighted by molar-refractivity contribution is 6.31. The number of benzene rings is 1. The predicted octanol–water partition coefficient (Wildman–Crippen LogP) is 1.88. The molecule has 1 rings (SSSR count). The van der Waals surface area contributed by atoms with Crippen LogP contribution in [0.3, 0.4) is 0 Å². The van der Waals surface area contributed by atoms with Crippen LogP contribution in [0.5, 0.6) is 0 Å². The van der Waals surface area contributed by atoms with E-state index in [9.17, 15) is 0 Å². The summed E-state index contributed by atoms with van der Waals surface area (Å²) in [5.74, 6) is 6.00. The summed E-state index contributed by atoms with van der Waals surface area (Å²) in [5.41, 5.74) is 7.10. The highest BCUT2D eigenvalue weighted by Crippen LogP contribution is 2.17. The van der Waals surface area contributed by atoms with Gasteiger partial charge in [-0.25, -0.2) is 0 Å². The topological polar surface area (TPSA) is 38.0 Å². The van der Waals surface area contributed by atoms with Crippen LogP contribution in [0.2, 0.25) is 5.02 Å². The van der Waals surface area contributed by atoms with Crippen molar-refractivity contribution in [1.82, 2.24) is 5.32 Å². The number of nitrogens with one attached hydrogen (secondary N) is 1. The number of hydrogen-bond donors (Lipinski definition) is 2. The van der Waals surface area contributed by atoms with Gasteiger partial charge in [0.2, 0.25) is 0 Å². The molecule has 74 valence electrons. The van der Waals surface area contributed by atoms with Gasteiger partial charge < -0.3 is 11.1 Å². The maximum atomic E-state index is 5.94. The lowest BCUT2D eigenvalue weighted by Crippen LogP contribution is -2.05. The highest BCUT2D eigenvalue weighted by atomic mass is 35.5. The van der Waals surface area contributed by atoms with Crippen LogP contribution >= 0.6 is 11.6 Å². The Hall–Kier alpha value is -1.17. The number of hydrogen-bond acceptors (Lipinski definition) is 2. The van der Waals surface area contributed by atoms with Crippen molar-refractivity contribution < 1.29 is 0 Å². The SMILES string of the molecule is CNCCC#Cc1cc(N)ccc1Cl. The quantitative estimate of drug-likeness (QED) is 0.443. The fraction of sp³-hybridized carbons (Fsp3) is 0.273. The van der Waals surface area contributed by atoms with Gasteiger partial charge in [-0.1, -0.05) is 23.4 Å². The van der Waals surface area contributed by atoms with Gasteiger partial charge in [-0.15, -0.1) is 0 Å². The van der Waals surface area contributed by atoms with Gasteiger partial charge in [0.1, 0.15) is 0 Å². The van der Waals surface area contributed by atoms with Crippen LogP contribution in [0.1, 0.15) is 12.0 Å². The highest BCUT2D eigenvalue weighted by Gasteiger charge is 1.95. The first-order chi connectivity index (χ1) is 6.74. The molecule has 1 aromatic carbocycles. The summed E-state index contributed by atoms with van der Waals surface area (Å²) < 4.78 is 0. The van der Waals surface area contributed by atoms with E-state index in [2.05, 4.69) is 17.2 Å². The number of halogens is 1. The Morgan fingerprint density at radius 3 is 3.00 bits per heavy atom. The molecule has 2 nitrogen and oxygen atoms in total. The van der Waals surface area contributed by atoms with Crippen molar-refractivity contribution in [2.75, 3.05) is 19.3 Å². The van der Waals surface area contributed by atoms with Crippen LogP contribution in [0.4, 0.5) is 5.69 Å². The molecular weight excluding hydrogens is 196 g/mol. The van der Waals surface area contributed by atoms with E-state index in [1.54, 1.807) is 18.2 Å². The Morgan fingerprint density at radius 2 is 2.29 bits per heavy atom. The van der Waals surface area contributed by atoms with E-state index in [1.165, 1.54) is 0 Å². The Bertz CT molecular complexity index is 363. The lowest BCUT2D eigenvalue weighted by Gasteiger charge is -1.97. The zero-order valence-electron chi connectivity index (χ0n) is 8.10. The normalized spacial score (nSPS) is 9.29. The van der Waals surface area contributed by atoms with Crippen LogP contribution in [0.15, 0.2) is 18.2 Å². The van der Waals surface area contributed by atoms with Crippen molar-refractivity contribution in [3.8, 4) is 11.8 Å². The second-order valence-electron chi connectivity index (χ2n) is 2.89. The third-order valence-corrected chi connectivity index (χ3v) is 2.04. The molecule has 0 radical (unpaired) electrons. The number of rotatable bonds is 2. The number of anilines is 1. The molecule has 0 aliphatic carbocycles. The second-order valence-corrected chi connectivity index (χ2v) is 3.30. The van der Waals surface area contributed by atoms with Gasteiger partial charge in [-0.2, -0.15) is 0 Å². The van der Waals surface area contributed by atoms with Crippen molar-refractivity contribution in [3.05, 3.63) is 28.8 Å². The summed E-state index contributed by atoms with van der Waals surface area (Å²) in [6.07, 6.45) is 0.807. The third kappa shape index (κ3) is 3.29. The maximum Gasteiger partial charge on any atom is 0.0564 e. The van der Waals surface area contributed by atoms with Crippen molar-refractivity contribution >= 4 is 17.3 Å². The lowest BCUT2D eigenvalue weighted by molar-refractivity contribution is 0.818. The molecule has 0 bridgehead atoms. The number of nitrogens with two attached hydrogens (primary N) is 1. The maximum absolute atomic E-state index is 5.94. The van der Waals surface area contributed by atoms with E-state index in [1.807, 2.05) is 7.05 Å². The molecule has 0 atom stereocenters. The Labute approximate surface area is 89.4 Å². The van der Waals surface area contributed by atoms with Crippen molar-refractivity contribution in [3.63, 3.8) is 0 Å². The summed E-state index contributed by atoms with van der Waals surface area (Å²) in [4.78, 5) is 0. The smallest absolute Gasteiger partial charge is 0.0564 e. The summed E-state index contributed by atoms with van der Waals surface area (Å²) in [5, 5.41) is 3.67. The average Bonchev–Trinajstić information content (AvgIpc) is 2.18. The van der Waals surface area contributed by atoms with Crippen LogP contribution in [-0.4, -0.2) is 13.6 Å². The van der Waals surface area contributed by atoms with Crippen LogP contribution in [0.25, 0.3) is 0 Å². The van der Waals surface area contributed by atoms with Gasteiger partial charge in [0.15, 0.2) is 0 Å². The number of nitrogen functional groups attached to an aromatic ring is 1.